The molecule has 0 aliphatic carbocycles. The number of amides is 1. The lowest BCUT2D eigenvalue weighted by Crippen LogP contribution is -2.38. The Morgan fingerprint density at radius 2 is 1.79 bits per heavy atom. The van der Waals surface area contributed by atoms with Crippen molar-refractivity contribution in [3.63, 3.8) is 0 Å². The van der Waals surface area contributed by atoms with Gasteiger partial charge in [0.15, 0.2) is 0 Å². The molecule has 28 heavy (non-hydrogen) atoms. The van der Waals surface area contributed by atoms with Gasteiger partial charge in [0, 0.05) is 24.2 Å². The van der Waals surface area contributed by atoms with Gasteiger partial charge in [0.1, 0.15) is 5.75 Å². The standard InChI is InChI=1S/C21H22ClN3O3/c1-12-9-15(10-13(2)18(12)26)11-25(4)24-20(27)19-14(3)23-21(28-19)16-5-7-17(22)8-6-16/h5-10,26H,11H2,1-4H3,(H,24,27). The van der Waals surface area contributed by atoms with E-state index in [9.17, 15) is 9.90 Å². The van der Waals surface area contributed by atoms with Crippen LogP contribution in [0, 0.1) is 20.8 Å². The second kappa shape index (κ2) is 8.04. The Morgan fingerprint density at radius 1 is 1.18 bits per heavy atom. The van der Waals surface area contributed by atoms with Crippen LogP contribution in [0.2, 0.25) is 5.02 Å². The SMILES string of the molecule is Cc1cc(CN(C)NC(=O)c2oc(-c3ccc(Cl)cc3)nc2C)cc(C)c1O. The van der Waals surface area contributed by atoms with E-state index in [2.05, 4.69) is 10.4 Å². The molecule has 146 valence electrons. The van der Waals surface area contributed by atoms with E-state index < -0.39 is 0 Å². The van der Waals surface area contributed by atoms with Crippen LogP contribution in [0.4, 0.5) is 0 Å². The van der Waals surface area contributed by atoms with Crippen LogP contribution in [0.5, 0.6) is 5.75 Å². The molecule has 0 spiro atoms. The number of hydrazine groups is 1. The number of aromatic hydroxyl groups is 1. The Balaban J connectivity index is 1.71. The number of aryl methyl sites for hydroxylation is 3. The summed E-state index contributed by atoms with van der Waals surface area (Å²) in [7, 11) is 1.77. The minimum Gasteiger partial charge on any atom is -0.507 e. The third kappa shape index (κ3) is 4.35. The molecule has 0 atom stereocenters. The molecule has 2 aromatic carbocycles. The van der Waals surface area contributed by atoms with Crippen molar-refractivity contribution in [3.05, 3.63) is 69.6 Å². The van der Waals surface area contributed by atoms with Gasteiger partial charge in [-0.15, -0.1) is 0 Å². The van der Waals surface area contributed by atoms with Crippen molar-refractivity contribution in [2.75, 3.05) is 7.05 Å². The highest BCUT2D eigenvalue weighted by molar-refractivity contribution is 6.30. The van der Waals surface area contributed by atoms with Crippen LogP contribution < -0.4 is 5.43 Å². The third-order valence-electron chi connectivity index (χ3n) is 4.36. The lowest BCUT2D eigenvalue weighted by Gasteiger charge is -2.18. The molecular weight excluding hydrogens is 378 g/mol. The summed E-state index contributed by atoms with van der Waals surface area (Å²) in [5.41, 5.74) is 6.62. The lowest BCUT2D eigenvalue weighted by atomic mass is 10.1. The molecule has 0 fully saturated rings. The Bertz CT molecular complexity index is 989. The molecule has 0 saturated heterocycles. The highest BCUT2D eigenvalue weighted by Crippen LogP contribution is 2.24. The smallest absolute Gasteiger partial charge is 0.303 e. The van der Waals surface area contributed by atoms with Crippen LogP contribution in [0.1, 0.15) is 32.9 Å². The van der Waals surface area contributed by atoms with E-state index in [0.717, 1.165) is 22.3 Å². The van der Waals surface area contributed by atoms with Gasteiger partial charge in [-0.2, -0.15) is 0 Å². The number of phenols is 1. The second-order valence-corrected chi connectivity index (χ2v) is 7.25. The topological polar surface area (TPSA) is 78.6 Å². The van der Waals surface area contributed by atoms with Crippen LogP contribution >= 0.6 is 11.6 Å². The maximum absolute atomic E-state index is 12.6. The number of halogens is 1. The number of hydrogen-bond donors (Lipinski definition) is 2. The summed E-state index contributed by atoms with van der Waals surface area (Å²) in [6.07, 6.45) is 0. The number of aromatic nitrogens is 1. The van der Waals surface area contributed by atoms with Gasteiger partial charge < -0.3 is 9.52 Å². The fraction of sp³-hybridized carbons (Fsp3) is 0.238. The number of carbonyl (C=O) groups is 1. The molecule has 3 aromatic rings. The van der Waals surface area contributed by atoms with Crippen molar-refractivity contribution in [3.8, 4) is 17.2 Å². The number of rotatable bonds is 5. The number of carbonyl (C=O) groups excluding carboxylic acids is 1. The summed E-state index contributed by atoms with van der Waals surface area (Å²) in [6.45, 7) is 5.90. The Morgan fingerprint density at radius 3 is 2.39 bits per heavy atom. The zero-order valence-corrected chi connectivity index (χ0v) is 17.0. The zero-order valence-electron chi connectivity index (χ0n) is 16.2. The van der Waals surface area contributed by atoms with E-state index >= 15 is 0 Å². The molecule has 0 saturated carbocycles. The van der Waals surface area contributed by atoms with Gasteiger partial charge in [-0.05, 0) is 61.7 Å². The molecule has 3 rings (SSSR count). The predicted molar refractivity (Wildman–Crippen MR) is 108 cm³/mol. The average molecular weight is 400 g/mol. The number of nitrogens with zero attached hydrogens (tertiary/aromatic N) is 2. The molecule has 0 unspecified atom stereocenters. The molecule has 0 bridgehead atoms. The Labute approximate surface area is 168 Å². The minimum atomic E-state index is -0.375. The first-order valence-corrected chi connectivity index (χ1v) is 9.17. The monoisotopic (exact) mass is 399 g/mol. The number of oxazole rings is 1. The Kier molecular flexibility index (Phi) is 5.72. The van der Waals surface area contributed by atoms with Gasteiger partial charge >= 0.3 is 5.91 Å². The van der Waals surface area contributed by atoms with Crippen LogP contribution in [-0.2, 0) is 6.54 Å². The number of hydrogen-bond acceptors (Lipinski definition) is 5. The van der Waals surface area contributed by atoms with Crippen molar-refractivity contribution in [1.82, 2.24) is 15.4 Å². The van der Waals surface area contributed by atoms with Gasteiger partial charge in [0.25, 0.3) is 0 Å². The Hall–Kier alpha value is -2.83. The van der Waals surface area contributed by atoms with Gasteiger partial charge in [0.05, 0.1) is 5.69 Å². The molecule has 7 heteroatoms. The maximum Gasteiger partial charge on any atom is 0.303 e. The first-order chi connectivity index (χ1) is 13.2. The number of benzene rings is 2. The van der Waals surface area contributed by atoms with E-state index in [4.69, 9.17) is 16.0 Å². The van der Waals surface area contributed by atoms with E-state index in [1.807, 2.05) is 26.0 Å². The summed E-state index contributed by atoms with van der Waals surface area (Å²) in [5, 5.41) is 12.2. The fourth-order valence-electron chi connectivity index (χ4n) is 3.00. The summed E-state index contributed by atoms with van der Waals surface area (Å²) in [4.78, 5) is 16.9. The van der Waals surface area contributed by atoms with Gasteiger partial charge in [-0.25, -0.2) is 9.99 Å². The zero-order chi connectivity index (χ0) is 20.4. The molecule has 1 heterocycles. The number of phenolic OH excluding ortho intramolecular Hbond substituents is 1. The molecule has 2 N–H and O–H groups in total. The van der Waals surface area contributed by atoms with Crippen LogP contribution in [0.25, 0.3) is 11.5 Å². The van der Waals surface area contributed by atoms with Gasteiger partial charge in [-0.1, -0.05) is 23.7 Å². The van der Waals surface area contributed by atoms with Crippen LogP contribution in [-0.4, -0.2) is 28.1 Å². The van der Waals surface area contributed by atoms with Crippen molar-refractivity contribution >= 4 is 17.5 Å². The van der Waals surface area contributed by atoms with Gasteiger partial charge in [0.2, 0.25) is 11.7 Å². The van der Waals surface area contributed by atoms with Crippen molar-refractivity contribution in [1.29, 1.82) is 0 Å². The van der Waals surface area contributed by atoms with E-state index in [1.165, 1.54) is 0 Å². The molecule has 0 radical (unpaired) electrons. The lowest BCUT2D eigenvalue weighted by molar-refractivity contribution is 0.0790. The summed E-state index contributed by atoms with van der Waals surface area (Å²) < 4.78 is 5.68. The molecule has 1 amide bonds. The van der Waals surface area contributed by atoms with E-state index in [-0.39, 0.29) is 11.7 Å². The average Bonchev–Trinajstić information content (AvgIpc) is 3.02. The van der Waals surface area contributed by atoms with Gasteiger partial charge in [-0.3, -0.25) is 10.2 Å². The van der Waals surface area contributed by atoms with E-state index in [1.54, 1.807) is 43.2 Å². The molecular formula is C21H22ClN3O3. The van der Waals surface area contributed by atoms with Crippen molar-refractivity contribution in [2.45, 2.75) is 27.3 Å². The molecule has 1 aromatic heterocycles. The molecule has 0 aliphatic heterocycles. The second-order valence-electron chi connectivity index (χ2n) is 6.82. The highest BCUT2D eigenvalue weighted by Gasteiger charge is 2.19. The summed E-state index contributed by atoms with van der Waals surface area (Å²) in [6, 6.07) is 10.8. The quantitative estimate of drug-likeness (QED) is 0.621. The summed E-state index contributed by atoms with van der Waals surface area (Å²) in [5.74, 6) is 0.448. The normalized spacial score (nSPS) is 11.1. The minimum absolute atomic E-state index is 0.162. The molecule has 6 nitrogen and oxygen atoms in total. The highest BCUT2D eigenvalue weighted by atomic mass is 35.5. The first kappa shape index (κ1) is 19.9. The number of nitrogens with one attached hydrogen (secondary N) is 1. The van der Waals surface area contributed by atoms with Crippen molar-refractivity contribution in [2.24, 2.45) is 0 Å². The van der Waals surface area contributed by atoms with Crippen molar-refractivity contribution < 1.29 is 14.3 Å². The predicted octanol–water partition coefficient (Wildman–Crippen LogP) is 4.40. The first-order valence-electron chi connectivity index (χ1n) is 8.79. The molecule has 0 aliphatic rings. The summed E-state index contributed by atoms with van der Waals surface area (Å²) >= 11 is 5.90. The van der Waals surface area contributed by atoms with Crippen LogP contribution in [0.15, 0.2) is 40.8 Å². The third-order valence-corrected chi connectivity index (χ3v) is 4.61. The fourth-order valence-corrected chi connectivity index (χ4v) is 3.12. The largest absolute Gasteiger partial charge is 0.507 e. The van der Waals surface area contributed by atoms with Crippen LogP contribution in [0.3, 0.4) is 0 Å². The van der Waals surface area contributed by atoms with E-state index in [0.29, 0.717) is 28.9 Å². The maximum atomic E-state index is 12.6.